The Morgan fingerprint density at radius 1 is 1.09 bits per heavy atom. The molecule has 22 heavy (non-hydrogen) atoms. The number of benzene rings is 1. The Hall–Kier alpha value is -0.710. The molecule has 1 aromatic carbocycles. The van der Waals surface area contributed by atoms with E-state index in [1.807, 2.05) is 37.4 Å². The van der Waals surface area contributed by atoms with Crippen LogP contribution in [0, 0.1) is 0 Å². The van der Waals surface area contributed by atoms with Crippen molar-refractivity contribution in [1.82, 2.24) is 10.3 Å². The molecule has 0 saturated heterocycles. The summed E-state index contributed by atoms with van der Waals surface area (Å²) in [5.74, 6) is 0.548. The zero-order valence-electron chi connectivity index (χ0n) is 12.0. The Balaban J connectivity index is 0.00000220. The Kier molecular flexibility index (Phi) is 10.6. The Morgan fingerprint density at radius 3 is 2.27 bits per heavy atom. The molecule has 0 aliphatic rings. The van der Waals surface area contributed by atoms with E-state index in [0.717, 1.165) is 17.7 Å². The quantitative estimate of drug-likeness (QED) is 0.768. The third-order valence-electron chi connectivity index (χ3n) is 2.73. The number of nitrogens with zero attached hydrogens (tertiary/aromatic N) is 1. The number of hydrogen-bond acceptors (Lipinski definition) is 3. The second kappa shape index (κ2) is 10.9. The molecule has 0 amide bonds. The Labute approximate surface area is 153 Å². The summed E-state index contributed by atoms with van der Waals surface area (Å²) in [6, 6.07) is 7.68. The van der Waals surface area contributed by atoms with Crippen molar-refractivity contribution >= 4 is 48.0 Å². The molecule has 0 saturated carbocycles. The first kappa shape index (κ1) is 21.3. The van der Waals surface area contributed by atoms with E-state index in [-0.39, 0.29) is 24.8 Å². The largest absolute Gasteiger partial charge is 0.491 e. The lowest BCUT2D eigenvalue weighted by atomic mass is 10.2. The van der Waals surface area contributed by atoms with Crippen molar-refractivity contribution in [1.29, 1.82) is 0 Å². The van der Waals surface area contributed by atoms with Gasteiger partial charge in [-0.3, -0.25) is 4.98 Å². The topological polar surface area (TPSA) is 34.1 Å². The maximum Gasteiger partial charge on any atom is 0.156 e. The summed E-state index contributed by atoms with van der Waals surface area (Å²) in [7, 11) is 0. The Bertz CT molecular complexity index is 544. The highest BCUT2D eigenvalue weighted by molar-refractivity contribution is 6.37. The molecule has 0 radical (unpaired) electrons. The number of aromatic nitrogens is 1. The van der Waals surface area contributed by atoms with Crippen LogP contribution in [0.15, 0.2) is 36.7 Å². The number of rotatable bonds is 6. The summed E-state index contributed by atoms with van der Waals surface area (Å²) < 4.78 is 5.40. The molecule has 0 atom stereocenters. The van der Waals surface area contributed by atoms with Gasteiger partial charge in [-0.1, -0.05) is 29.3 Å². The van der Waals surface area contributed by atoms with E-state index in [0.29, 0.717) is 28.9 Å². The van der Waals surface area contributed by atoms with Gasteiger partial charge in [0, 0.05) is 25.5 Å². The highest BCUT2D eigenvalue weighted by Crippen LogP contribution is 2.34. The van der Waals surface area contributed by atoms with Gasteiger partial charge in [-0.05, 0) is 36.2 Å². The van der Waals surface area contributed by atoms with Crippen LogP contribution in [0.1, 0.15) is 18.1 Å². The van der Waals surface area contributed by atoms with Crippen molar-refractivity contribution in [2.45, 2.75) is 20.0 Å². The second-order valence-electron chi connectivity index (χ2n) is 4.29. The standard InChI is InChI=1S/C15H16Cl2N2O.2ClH/c1-2-20-15-13(16)6-12(7-14(15)17)10-19-9-11-4-3-5-18-8-11;;/h3-8,19H,2,9-10H2,1H3;2*1H. The average Bonchev–Trinajstić information content (AvgIpc) is 2.44. The van der Waals surface area contributed by atoms with Crippen LogP contribution in [0.2, 0.25) is 10.0 Å². The van der Waals surface area contributed by atoms with Crippen LogP contribution < -0.4 is 10.1 Å². The molecule has 0 spiro atoms. The normalized spacial score (nSPS) is 9.59. The average molecular weight is 384 g/mol. The summed E-state index contributed by atoms with van der Waals surface area (Å²) in [6.45, 7) is 3.87. The van der Waals surface area contributed by atoms with Gasteiger partial charge < -0.3 is 10.1 Å². The van der Waals surface area contributed by atoms with Gasteiger partial charge in [0.05, 0.1) is 16.7 Å². The van der Waals surface area contributed by atoms with Crippen molar-refractivity contribution in [2.75, 3.05) is 6.61 Å². The number of ether oxygens (including phenoxy) is 1. The van der Waals surface area contributed by atoms with Crippen LogP contribution in [0.5, 0.6) is 5.75 Å². The number of pyridine rings is 1. The number of nitrogens with one attached hydrogen (secondary N) is 1. The van der Waals surface area contributed by atoms with E-state index in [4.69, 9.17) is 27.9 Å². The molecule has 2 rings (SSSR count). The molecule has 3 nitrogen and oxygen atoms in total. The fourth-order valence-electron chi connectivity index (χ4n) is 1.85. The molecule has 0 unspecified atom stereocenters. The van der Waals surface area contributed by atoms with Crippen LogP contribution in [0.4, 0.5) is 0 Å². The van der Waals surface area contributed by atoms with E-state index >= 15 is 0 Å². The molecular formula is C15H18Cl4N2O. The molecule has 1 N–H and O–H groups in total. The molecule has 122 valence electrons. The lowest BCUT2D eigenvalue weighted by Gasteiger charge is -2.11. The molecule has 0 aliphatic heterocycles. The van der Waals surface area contributed by atoms with Gasteiger partial charge in [-0.15, -0.1) is 24.8 Å². The van der Waals surface area contributed by atoms with E-state index in [1.165, 1.54) is 0 Å². The fourth-order valence-corrected chi connectivity index (χ4v) is 2.49. The minimum absolute atomic E-state index is 0. The monoisotopic (exact) mass is 382 g/mol. The summed E-state index contributed by atoms with van der Waals surface area (Å²) in [5.41, 5.74) is 2.16. The molecule has 0 bridgehead atoms. The highest BCUT2D eigenvalue weighted by atomic mass is 35.5. The first-order valence-corrected chi connectivity index (χ1v) is 7.16. The van der Waals surface area contributed by atoms with Crippen LogP contribution in [-0.4, -0.2) is 11.6 Å². The number of halogens is 4. The van der Waals surface area contributed by atoms with E-state index in [2.05, 4.69) is 10.3 Å². The number of hydrogen-bond donors (Lipinski definition) is 1. The van der Waals surface area contributed by atoms with Crippen molar-refractivity contribution in [3.63, 3.8) is 0 Å². The van der Waals surface area contributed by atoms with Crippen molar-refractivity contribution < 1.29 is 4.74 Å². The summed E-state index contributed by atoms with van der Waals surface area (Å²) in [4.78, 5) is 4.07. The van der Waals surface area contributed by atoms with E-state index in [1.54, 1.807) is 6.20 Å². The predicted octanol–water partition coefficient (Wildman–Crippen LogP) is 4.92. The van der Waals surface area contributed by atoms with Crippen molar-refractivity contribution in [2.24, 2.45) is 0 Å². The van der Waals surface area contributed by atoms with E-state index < -0.39 is 0 Å². The van der Waals surface area contributed by atoms with Crippen LogP contribution in [-0.2, 0) is 13.1 Å². The molecule has 0 fully saturated rings. The van der Waals surface area contributed by atoms with Gasteiger partial charge in [0.25, 0.3) is 0 Å². The summed E-state index contributed by atoms with van der Waals surface area (Å²) in [5, 5.41) is 4.40. The van der Waals surface area contributed by atoms with Crippen LogP contribution in [0.3, 0.4) is 0 Å². The fraction of sp³-hybridized carbons (Fsp3) is 0.267. The third kappa shape index (κ3) is 6.19. The summed E-state index contributed by atoms with van der Waals surface area (Å²) in [6.07, 6.45) is 3.60. The van der Waals surface area contributed by atoms with Crippen molar-refractivity contribution in [3.05, 3.63) is 57.8 Å². The van der Waals surface area contributed by atoms with Crippen LogP contribution >= 0.6 is 48.0 Å². The molecule has 0 aliphatic carbocycles. The minimum Gasteiger partial charge on any atom is -0.491 e. The maximum atomic E-state index is 6.16. The summed E-state index contributed by atoms with van der Waals surface area (Å²) >= 11 is 12.3. The third-order valence-corrected chi connectivity index (χ3v) is 3.29. The van der Waals surface area contributed by atoms with Gasteiger partial charge >= 0.3 is 0 Å². The van der Waals surface area contributed by atoms with Crippen LogP contribution in [0.25, 0.3) is 0 Å². The smallest absolute Gasteiger partial charge is 0.156 e. The first-order chi connectivity index (χ1) is 9.70. The van der Waals surface area contributed by atoms with Gasteiger partial charge in [0.1, 0.15) is 0 Å². The molecule has 1 heterocycles. The molecule has 7 heteroatoms. The zero-order valence-corrected chi connectivity index (χ0v) is 15.2. The second-order valence-corrected chi connectivity index (χ2v) is 5.10. The van der Waals surface area contributed by atoms with Gasteiger partial charge in [0.15, 0.2) is 5.75 Å². The maximum absolute atomic E-state index is 6.16. The highest BCUT2D eigenvalue weighted by Gasteiger charge is 2.09. The SMILES string of the molecule is CCOc1c(Cl)cc(CNCc2cccnc2)cc1Cl.Cl.Cl. The van der Waals surface area contributed by atoms with Gasteiger partial charge in [0.2, 0.25) is 0 Å². The molecule has 1 aromatic heterocycles. The van der Waals surface area contributed by atoms with Gasteiger partial charge in [-0.25, -0.2) is 0 Å². The predicted molar refractivity (Wildman–Crippen MR) is 96.9 cm³/mol. The zero-order chi connectivity index (χ0) is 14.4. The van der Waals surface area contributed by atoms with Gasteiger partial charge in [-0.2, -0.15) is 0 Å². The molecule has 2 aromatic rings. The Morgan fingerprint density at radius 2 is 1.73 bits per heavy atom. The van der Waals surface area contributed by atoms with E-state index in [9.17, 15) is 0 Å². The lowest BCUT2D eigenvalue weighted by Crippen LogP contribution is -2.12. The van der Waals surface area contributed by atoms with Crippen molar-refractivity contribution in [3.8, 4) is 5.75 Å². The lowest BCUT2D eigenvalue weighted by molar-refractivity contribution is 0.340. The molecular weight excluding hydrogens is 366 g/mol. The minimum atomic E-state index is 0. The first-order valence-electron chi connectivity index (χ1n) is 6.41.